The van der Waals surface area contributed by atoms with Gasteiger partial charge in [-0.15, -0.1) is 0 Å². The lowest BCUT2D eigenvalue weighted by Gasteiger charge is -2.32. The maximum absolute atomic E-state index is 13.6. The lowest BCUT2D eigenvalue weighted by atomic mass is 10.00. The molecule has 0 radical (unpaired) electrons. The zero-order valence-electron chi connectivity index (χ0n) is 23.8. The van der Waals surface area contributed by atoms with Crippen LogP contribution in [0.2, 0.25) is 0 Å². The molecule has 0 N–H and O–H groups in total. The predicted octanol–water partition coefficient (Wildman–Crippen LogP) is 5.85. The summed E-state index contributed by atoms with van der Waals surface area (Å²) in [5.74, 6) is -0.692. The van der Waals surface area contributed by atoms with Crippen LogP contribution in [0.3, 0.4) is 0 Å². The number of hydrogen-bond acceptors (Lipinski definition) is 6. The Labute approximate surface area is 237 Å². The van der Waals surface area contributed by atoms with Gasteiger partial charge in [-0.3, -0.25) is 14.5 Å². The number of esters is 1. The van der Waals surface area contributed by atoms with Crippen LogP contribution in [0, 0.1) is 0 Å². The SMILES string of the molecule is COC(=O)CC(C(=O)N1CCc2cc(OCc3ccc(C4CC4)c(C(F)(F)F)c3)ccc21)N(C)C(=O)OC(C)(C)C. The summed E-state index contributed by atoms with van der Waals surface area (Å²) in [5.41, 5.74) is 0.743. The highest BCUT2D eigenvalue weighted by Crippen LogP contribution is 2.46. The molecular formula is C30H35F3N2O6. The van der Waals surface area contributed by atoms with Crippen molar-refractivity contribution in [3.05, 3.63) is 58.7 Å². The molecule has 1 saturated carbocycles. The molecule has 2 aromatic carbocycles. The first-order chi connectivity index (χ1) is 19.2. The molecule has 41 heavy (non-hydrogen) atoms. The molecule has 0 bridgehead atoms. The molecular weight excluding hydrogens is 541 g/mol. The van der Waals surface area contributed by atoms with Crippen molar-refractivity contribution in [2.75, 3.05) is 25.6 Å². The molecule has 1 atom stereocenters. The molecule has 8 nitrogen and oxygen atoms in total. The highest BCUT2D eigenvalue weighted by Gasteiger charge is 2.39. The summed E-state index contributed by atoms with van der Waals surface area (Å²) in [5, 5.41) is 0. The number of fused-ring (bicyclic) bond motifs is 1. The van der Waals surface area contributed by atoms with Gasteiger partial charge in [0, 0.05) is 19.3 Å². The van der Waals surface area contributed by atoms with Crippen molar-refractivity contribution in [3.8, 4) is 5.75 Å². The zero-order chi connectivity index (χ0) is 30.1. The first-order valence-electron chi connectivity index (χ1n) is 13.5. The van der Waals surface area contributed by atoms with Crippen LogP contribution >= 0.6 is 0 Å². The molecule has 0 aromatic heterocycles. The molecule has 2 aliphatic rings. The Balaban J connectivity index is 1.48. The number of amides is 2. The van der Waals surface area contributed by atoms with Crippen LogP contribution < -0.4 is 9.64 Å². The van der Waals surface area contributed by atoms with Crippen molar-refractivity contribution >= 4 is 23.7 Å². The minimum Gasteiger partial charge on any atom is -0.489 e. The van der Waals surface area contributed by atoms with Crippen molar-refractivity contribution in [1.29, 1.82) is 0 Å². The maximum Gasteiger partial charge on any atom is 0.416 e. The lowest BCUT2D eigenvalue weighted by molar-refractivity contribution is -0.144. The predicted molar refractivity (Wildman–Crippen MR) is 145 cm³/mol. The first-order valence-corrected chi connectivity index (χ1v) is 13.5. The number of nitrogens with zero attached hydrogens (tertiary/aromatic N) is 2. The van der Waals surface area contributed by atoms with Crippen molar-refractivity contribution < 1.29 is 41.8 Å². The average Bonchev–Trinajstić information content (AvgIpc) is 3.66. The van der Waals surface area contributed by atoms with Crippen LogP contribution in [0.1, 0.15) is 68.2 Å². The van der Waals surface area contributed by atoms with Crippen molar-refractivity contribution in [2.24, 2.45) is 0 Å². The Morgan fingerprint density at radius 1 is 1.07 bits per heavy atom. The van der Waals surface area contributed by atoms with Gasteiger partial charge in [0.25, 0.3) is 5.91 Å². The molecule has 1 unspecified atom stereocenters. The summed E-state index contributed by atoms with van der Waals surface area (Å²) in [6.07, 6.45) is -3.49. The van der Waals surface area contributed by atoms with Gasteiger partial charge in [-0.05, 0) is 86.9 Å². The molecule has 2 aromatic rings. The van der Waals surface area contributed by atoms with E-state index in [2.05, 4.69) is 0 Å². The zero-order valence-corrected chi connectivity index (χ0v) is 23.8. The summed E-state index contributed by atoms with van der Waals surface area (Å²) in [6, 6.07) is 8.29. The van der Waals surface area contributed by atoms with Crippen molar-refractivity contribution in [1.82, 2.24) is 4.90 Å². The highest BCUT2D eigenvalue weighted by atomic mass is 19.4. The van der Waals surface area contributed by atoms with Crippen LogP contribution in [-0.4, -0.2) is 55.2 Å². The number of benzene rings is 2. The van der Waals surface area contributed by atoms with E-state index >= 15 is 0 Å². The van der Waals surface area contributed by atoms with E-state index < -0.39 is 41.4 Å². The summed E-state index contributed by atoms with van der Waals surface area (Å²) in [6.45, 7) is 5.37. The number of alkyl halides is 3. The standard InChI is InChI=1S/C30H35F3N2O6/c1-29(2,3)41-28(38)34(4)25(16-26(36)39-5)27(37)35-13-12-20-15-21(9-11-24(20)35)40-17-18-6-10-22(19-7-8-19)23(14-18)30(31,32)33/h6,9-11,14-15,19,25H,7-8,12-13,16-17H2,1-5H3. The first kappa shape index (κ1) is 30.2. The molecule has 222 valence electrons. The summed E-state index contributed by atoms with van der Waals surface area (Å²) >= 11 is 0. The fraction of sp³-hybridized carbons (Fsp3) is 0.500. The van der Waals surface area contributed by atoms with Crippen LogP contribution in [0.5, 0.6) is 5.75 Å². The quantitative estimate of drug-likeness (QED) is 0.367. The summed E-state index contributed by atoms with van der Waals surface area (Å²) in [4.78, 5) is 41.0. The summed E-state index contributed by atoms with van der Waals surface area (Å²) in [7, 11) is 2.60. The van der Waals surface area contributed by atoms with Gasteiger partial charge in [0.2, 0.25) is 0 Å². The summed E-state index contributed by atoms with van der Waals surface area (Å²) < 4.78 is 56.8. The minimum atomic E-state index is -4.43. The lowest BCUT2D eigenvalue weighted by Crippen LogP contribution is -2.51. The van der Waals surface area contributed by atoms with E-state index in [9.17, 15) is 27.6 Å². The third-order valence-corrected chi connectivity index (χ3v) is 7.08. The Bertz CT molecular complexity index is 1320. The van der Waals surface area contributed by atoms with E-state index in [0.717, 1.165) is 29.4 Å². The van der Waals surface area contributed by atoms with Gasteiger partial charge in [0.05, 0.1) is 19.1 Å². The van der Waals surface area contributed by atoms with Crippen molar-refractivity contribution in [2.45, 2.75) is 76.8 Å². The number of anilines is 1. The van der Waals surface area contributed by atoms with E-state index in [1.807, 2.05) is 0 Å². The highest BCUT2D eigenvalue weighted by molar-refractivity contribution is 6.02. The molecule has 11 heteroatoms. The molecule has 0 saturated heterocycles. The molecule has 1 fully saturated rings. The van der Waals surface area contributed by atoms with E-state index in [0.29, 0.717) is 35.5 Å². The van der Waals surface area contributed by atoms with Crippen LogP contribution in [-0.2, 0) is 38.3 Å². The molecule has 1 aliphatic carbocycles. The average molecular weight is 577 g/mol. The second kappa shape index (κ2) is 11.6. The number of hydrogen-bond donors (Lipinski definition) is 0. The number of carbonyl (C=O) groups is 3. The normalized spacial score (nSPS) is 15.7. The number of methoxy groups -OCH3 is 1. The smallest absolute Gasteiger partial charge is 0.416 e. The van der Waals surface area contributed by atoms with Gasteiger partial charge in [-0.25, -0.2) is 4.79 Å². The largest absolute Gasteiger partial charge is 0.489 e. The van der Waals surface area contributed by atoms with Crippen LogP contribution in [0.15, 0.2) is 36.4 Å². The van der Waals surface area contributed by atoms with Gasteiger partial charge >= 0.3 is 18.2 Å². The number of halogens is 3. The Morgan fingerprint density at radius 2 is 1.78 bits per heavy atom. The third-order valence-electron chi connectivity index (χ3n) is 7.08. The second-order valence-corrected chi connectivity index (χ2v) is 11.4. The maximum atomic E-state index is 13.6. The second-order valence-electron chi connectivity index (χ2n) is 11.4. The van der Waals surface area contributed by atoms with Gasteiger partial charge < -0.3 is 19.1 Å². The molecule has 4 rings (SSSR count). The minimum absolute atomic E-state index is 0.0277. The van der Waals surface area contributed by atoms with Crippen LogP contribution in [0.4, 0.5) is 23.7 Å². The van der Waals surface area contributed by atoms with Crippen molar-refractivity contribution in [3.63, 3.8) is 0 Å². The monoisotopic (exact) mass is 576 g/mol. The van der Waals surface area contributed by atoms with Crippen LogP contribution in [0.25, 0.3) is 0 Å². The molecule has 1 heterocycles. The molecule has 2 amide bonds. The van der Waals surface area contributed by atoms with E-state index in [1.165, 1.54) is 19.1 Å². The number of rotatable bonds is 8. The molecule has 0 spiro atoms. The number of ether oxygens (including phenoxy) is 3. The van der Waals surface area contributed by atoms with Gasteiger partial charge in [-0.1, -0.05) is 12.1 Å². The van der Waals surface area contributed by atoms with Gasteiger partial charge in [0.15, 0.2) is 0 Å². The fourth-order valence-corrected chi connectivity index (χ4v) is 4.82. The van der Waals surface area contributed by atoms with Gasteiger partial charge in [-0.2, -0.15) is 13.2 Å². The van der Waals surface area contributed by atoms with E-state index in [1.54, 1.807) is 51.1 Å². The fourth-order valence-electron chi connectivity index (χ4n) is 4.82. The third kappa shape index (κ3) is 7.31. The topological polar surface area (TPSA) is 85.4 Å². The van der Waals surface area contributed by atoms with Gasteiger partial charge in [0.1, 0.15) is 24.0 Å². The number of likely N-dealkylation sites (N-methyl/N-ethyl adjacent to an activating group) is 1. The van der Waals surface area contributed by atoms with E-state index in [-0.39, 0.29) is 18.9 Å². The Kier molecular flexibility index (Phi) is 8.56. The molecule has 1 aliphatic heterocycles. The Hall–Kier alpha value is -3.76. The number of carbonyl (C=O) groups excluding carboxylic acids is 3. The Morgan fingerprint density at radius 3 is 2.39 bits per heavy atom. The van der Waals surface area contributed by atoms with E-state index in [4.69, 9.17) is 14.2 Å².